The number of aromatic nitrogens is 2. The normalized spacial score (nSPS) is 22.3. The molecule has 4 nitrogen and oxygen atoms in total. The molecule has 1 aliphatic heterocycles. The fourth-order valence-electron chi connectivity index (χ4n) is 3.48. The summed E-state index contributed by atoms with van der Waals surface area (Å²) in [4.78, 5) is 2.51. The second-order valence-corrected chi connectivity index (χ2v) is 6.14. The number of rotatable bonds is 4. The maximum absolute atomic E-state index is 6.26. The fourth-order valence-corrected chi connectivity index (χ4v) is 3.48. The third-order valence-electron chi connectivity index (χ3n) is 4.45. The lowest BCUT2D eigenvalue weighted by Gasteiger charge is -2.30. The van der Waals surface area contributed by atoms with Gasteiger partial charge in [0.1, 0.15) is 0 Å². The minimum atomic E-state index is 0.101. The number of likely N-dealkylation sites (tertiary alicyclic amines) is 1. The summed E-state index contributed by atoms with van der Waals surface area (Å²) in [6.45, 7) is 4.26. The van der Waals surface area contributed by atoms with E-state index in [-0.39, 0.29) is 12.1 Å². The van der Waals surface area contributed by atoms with Gasteiger partial charge in [0.15, 0.2) is 0 Å². The highest BCUT2D eigenvalue weighted by atomic mass is 15.3. The van der Waals surface area contributed by atoms with Crippen molar-refractivity contribution >= 4 is 0 Å². The highest BCUT2D eigenvalue weighted by Crippen LogP contribution is 2.34. The molecule has 0 radical (unpaired) electrons. The Bertz CT molecular complexity index is 575. The van der Waals surface area contributed by atoms with Gasteiger partial charge in [-0.25, -0.2) is 0 Å². The summed E-state index contributed by atoms with van der Waals surface area (Å²) < 4.78 is 1.86. The lowest BCUT2D eigenvalue weighted by Crippen LogP contribution is -2.38. The summed E-state index contributed by atoms with van der Waals surface area (Å²) in [5.74, 6) is 0.615. The van der Waals surface area contributed by atoms with Crippen LogP contribution in [0.3, 0.4) is 0 Å². The maximum atomic E-state index is 6.26. The number of hydrogen-bond acceptors (Lipinski definition) is 3. The zero-order valence-corrected chi connectivity index (χ0v) is 12.8. The monoisotopic (exact) mass is 284 g/mol. The largest absolute Gasteiger partial charge is 0.326 e. The average Bonchev–Trinajstić information content (AvgIpc) is 3.10. The molecule has 4 heteroatoms. The summed E-state index contributed by atoms with van der Waals surface area (Å²) >= 11 is 0. The van der Waals surface area contributed by atoms with E-state index in [4.69, 9.17) is 5.73 Å². The van der Waals surface area contributed by atoms with E-state index < -0.39 is 0 Å². The van der Waals surface area contributed by atoms with Crippen LogP contribution in [0.25, 0.3) is 0 Å². The molecule has 2 N–H and O–H groups in total. The highest BCUT2D eigenvalue weighted by Gasteiger charge is 2.32. The molecule has 3 atom stereocenters. The van der Waals surface area contributed by atoms with Crippen LogP contribution in [0.1, 0.15) is 36.4 Å². The molecule has 1 fully saturated rings. The third kappa shape index (κ3) is 3.01. The molecule has 1 aliphatic rings. The molecule has 3 rings (SSSR count). The first-order valence-corrected chi connectivity index (χ1v) is 7.68. The molecule has 1 aromatic carbocycles. The molecule has 0 bridgehead atoms. The molecule has 1 aromatic heterocycles. The minimum Gasteiger partial charge on any atom is -0.326 e. The van der Waals surface area contributed by atoms with E-state index in [1.807, 2.05) is 17.9 Å². The Labute approximate surface area is 126 Å². The smallest absolute Gasteiger partial charge is 0.0538 e. The SMILES string of the molecule is CC(N)C(c1cnn(C)c1)N1CCC(c2ccccc2)C1. The minimum absolute atomic E-state index is 0.101. The van der Waals surface area contributed by atoms with E-state index >= 15 is 0 Å². The van der Waals surface area contributed by atoms with Crippen molar-refractivity contribution < 1.29 is 0 Å². The van der Waals surface area contributed by atoms with Crippen LogP contribution in [0.2, 0.25) is 0 Å². The van der Waals surface area contributed by atoms with Crippen LogP contribution in [0.4, 0.5) is 0 Å². The zero-order valence-electron chi connectivity index (χ0n) is 12.8. The molecule has 0 spiro atoms. The molecule has 0 aliphatic carbocycles. The summed E-state index contributed by atoms with van der Waals surface area (Å²) in [6, 6.07) is 11.2. The van der Waals surface area contributed by atoms with Crippen molar-refractivity contribution in [2.75, 3.05) is 13.1 Å². The Hall–Kier alpha value is -1.65. The number of nitrogens with two attached hydrogens (primary N) is 1. The topological polar surface area (TPSA) is 47.1 Å². The maximum Gasteiger partial charge on any atom is 0.0538 e. The summed E-state index contributed by atoms with van der Waals surface area (Å²) in [6.07, 6.45) is 5.24. The predicted octanol–water partition coefficient (Wildman–Crippen LogP) is 2.30. The molecule has 112 valence electrons. The van der Waals surface area contributed by atoms with Gasteiger partial charge in [0, 0.05) is 31.4 Å². The first kappa shape index (κ1) is 14.3. The van der Waals surface area contributed by atoms with Crippen LogP contribution in [0, 0.1) is 0 Å². The number of aryl methyl sites for hydroxylation is 1. The highest BCUT2D eigenvalue weighted by molar-refractivity contribution is 5.22. The van der Waals surface area contributed by atoms with Crippen molar-refractivity contribution in [2.45, 2.75) is 31.3 Å². The molecule has 0 amide bonds. The van der Waals surface area contributed by atoms with E-state index in [1.165, 1.54) is 17.5 Å². The van der Waals surface area contributed by atoms with Gasteiger partial charge in [-0.2, -0.15) is 5.10 Å². The van der Waals surface area contributed by atoms with Crippen LogP contribution in [0.5, 0.6) is 0 Å². The molecule has 21 heavy (non-hydrogen) atoms. The van der Waals surface area contributed by atoms with E-state index in [2.05, 4.69) is 53.5 Å². The van der Waals surface area contributed by atoms with E-state index in [0.717, 1.165) is 13.1 Å². The standard InChI is InChI=1S/C17H24N4/c1-13(18)17(16-10-19-20(2)11-16)21-9-8-15(12-21)14-6-4-3-5-7-14/h3-7,10-11,13,15,17H,8-9,12,18H2,1-2H3. The van der Waals surface area contributed by atoms with Crippen molar-refractivity contribution in [3.05, 3.63) is 53.9 Å². The third-order valence-corrected chi connectivity index (χ3v) is 4.45. The van der Waals surface area contributed by atoms with Gasteiger partial charge in [-0.3, -0.25) is 9.58 Å². The summed E-state index contributed by atoms with van der Waals surface area (Å²) in [5.41, 5.74) is 8.93. The summed E-state index contributed by atoms with van der Waals surface area (Å²) in [7, 11) is 1.96. The van der Waals surface area contributed by atoms with Crippen LogP contribution < -0.4 is 5.73 Å². The van der Waals surface area contributed by atoms with Crippen molar-refractivity contribution in [3.8, 4) is 0 Å². The van der Waals surface area contributed by atoms with E-state index in [0.29, 0.717) is 5.92 Å². The fraction of sp³-hybridized carbons (Fsp3) is 0.471. The molecular formula is C17H24N4. The van der Waals surface area contributed by atoms with Gasteiger partial charge in [0.05, 0.1) is 12.2 Å². The van der Waals surface area contributed by atoms with Crippen molar-refractivity contribution in [1.82, 2.24) is 14.7 Å². The van der Waals surface area contributed by atoms with E-state index in [1.54, 1.807) is 0 Å². The Morgan fingerprint density at radius 1 is 1.29 bits per heavy atom. The predicted molar refractivity (Wildman–Crippen MR) is 85.0 cm³/mol. The van der Waals surface area contributed by atoms with E-state index in [9.17, 15) is 0 Å². The molecule has 1 saturated heterocycles. The van der Waals surface area contributed by atoms with Crippen LogP contribution in [0.15, 0.2) is 42.7 Å². The Morgan fingerprint density at radius 2 is 2.05 bits per heavy atom. The van der Waals surface area contributed by atoms with Gasteiger partial charge >= 0.3 is 0 Å². The van der Waals surface area contributed by atoms with Crippen LogP contribution in [-0.4, -0.2) is 33.8 Å². The lowest BCUT2D eigenvalue weighted by atomic mass is 9.98. The van der Waals surface area contributed by atoms with Gasteiger partial charge in [-0.15, -0.1) is 0 Å². The van der Waals surface area contributed by atoms with Crippen LogP contribution in [-0.2, 0) is 7.05 Å². The number of hydrogen-bond donors (Lipinski definition) is 1. The summed E-state index contributed by atoms with van der Waals surface area (Å²) in [5, 5.41) is 4.30. The Balaban J connectivity index is 1.77. The van der Waals surface area contributed by atoms with Crippen LogP contribution >= 0.6 is 0 Å². The average molecular weight is 284 g/mol. The number of nitrogens with zero attached hydrogens (tertiary/aromatic N) is 3. The van der Waals surface area contributed by atoms with Gasteiger partial charge in [0.25, 0.3) is 0 Å². The van der Waals surface area contributed by atoms with Crippen molar-refractivity contribution in [3.63, 3.8) is 0 Å². The second kappa shape index (κ2) is 6.00. The second-order valence-electron chi connectivity index (χ2n) is 6.14. The Morgan fingerprint density at radius 3 is 2.67 bits per heavy atom. The quantitative estimate of drug-likeness (QED) is 0.937. The molecule has 0 saturated carbocycles. The van der Waals surface area contributed by atoms with Gasteiger partial charge < -0.3 is 5.73 Å². The van der Waals surface area contributed by atoms with Crippen molar-refractivity contribution in [1.29, 1.82) is 0 Å². The molecular weight excluding hydrogens is 260 g/mol. The van der Waals surface area contributed by atoms with Gasteiger partial charge in [-0.1, -0.05) is 30.3 Å². The molecule has 3 unspecified atom stereocenters. The lowest BCUT2D eigenvalue weighted by molar-refractivity contribution is 0.216. The number of benzene rings is 1. The zero-order chi connectivity index (χ0) is 14.8. The Kier molecular flexibility index (Phi) is 4.08. The molecule has 2 heterocycles. The van der Waals surface area contributed by atoms with Gasteiger partial charge in [0.2, 0.25) is 0 Å². The molecule has 2 aromatic rings. The first-order chi connectivity index (χ1) is 10.1. The van der Waals surface area contributed by atoms with Crippen molar-refractivity contribution in [2.24, 2.45) is 12.8 Å². The first-order valence-electron chi connectivity index (χ1n) is 7.68. The van der Waals surface area contributed by atoms with Gasteiger partial charge in [-0.05, 0) is 31.4 Å².